The SMILES string of the molecule is O=C(Nc1ccc(C(F)(F)F)cc1)N1CCC(N2CCc3sccc3C2)CC1. The van der Waals surface area contributed by atoms with Gasteiger partial charge in [-0.2, -0.15) is 13.2 Å². The van der Waals surface area contributed by atoms with Crippen molar-refractivity contribution in [1.29, 1.82) is 0 Å². The molecule has 0 spiro atoms. The van der Waals surface area contributed by atoms with E-state index < -0.39 is 11.7 Å². The molecule has 1 aromatic heterocycles. The van der Waals surface area contributed by atoms with E-state index in [0.29, 0.717) is 24.8 Å². The van der Waals surface area contributed by atoms with Crippen molar-refractivity contribution in [2.45, 2.75) is 38.0 Å². The average molecular weight is 409 g/mol. The predicted octanol–water partition coefficient (Wildman–Crippen LogP) is 4.82. The molecule has 150 valence electrons. The summed E-state index contributed by atoms with van der Waals surface area (Å²) in [5, 5.41) is 4.86. The molecule has 1 saturated heterocycles. The van der Waals surface area contributed by atoms with E-state index in [9.17, 15) is 18.0 Å². The molecule has 1 fully saturated rings. The lowest BCUT2D eigenvalue weighted by Crippen LogP contribution is -2.48. The molecule has 2 amide bonds. The molecule has 2 aromatic rings. The monoisotopic (exact) mass is 409 g/mol. The number of piperidine rings is 1. The van der Waals surface area contributed by atoms with E-state index in [0.717, 1.165) is 44.5 Å². The summed E-state index contributed by atoms with van der Waals surface area (Å²) in [5.74, 6) is 0. The molecule has 1 aromatic carbocycles. The summed E-state index contributed by atoms with van der Waals surface area (Å²) in [7, 11) is 0. The highest BCUT2D eigenvalue weighted by Gasteiger charge is 2.31. The summed E-state index contributed by atoms with van der Waals surface area (Å²) >= 11 is 1.83. The third kappa shape index (κ3) is 4.17. The largest absolute Gasteiger partial charge is 0.416 e. The number of anilines is 1. The molecule has 3 heterocycles. The van der Waals surface area contributed by atoms with Crippen LogP contribution in [0.5, 0.6) is 0 Å². The van der Waals surface area contributed by atoms with E-state index in [2.05, 4.69) is 21.7 Å². The van der Waals surface area contributed by atoms with Gasteiger partial charge in [0.15, 0.2) is 0 Å². The number of nitrogens with zero attached hydrogens (tertiary/aromatic N) is 2. The van der Waals surface area contributed by atoms with Gasteiger partial charge in [0.2, 0.25) is 0 Å². The van der Waals surface area contributed by atoms with Gasteiger partial charge in [0.25, 0.3) is 0 Å². The molecule has 4 nitrogen and oxygen atoms in total. The van der Waals surface area contributed by atoms with Gasteiger partial charge < -0.3 is 10.2 Å². The van der Waals surface area contributed by atoms with Crippen molar-refractivity contribution >= 4 is 23.1 Å². The Kier molecular flexibility index (Phi) is 5.33. The average Bonchev–Trinajstić information content (AvgIpc) is 3.15. The van der Waals surface area contributed by atoms with Gasteiger partial charge in [-0.1, -0.05) is 0 Å². The standard InChI is InChI=1S/C20H22F3N3OS/c21-20(22,23)15-1-3-16(4-2-15)24-19(27)25-9-5-17(6-10-25)26-11-7-18-14(13-26)8-12-28-18/h1-4,8,12,17H,5-7,9-11,13H2,(H,24,27). The van der Waals surface area contributed by atoms with Crippen molar-refractivity contribution in [3.63, 3.8) is 0 Å². The minimum absolute atomic E-state index is 0.253. The van der Waals surface area contributed by atoms with E-state index in [1.807, 2.05) is 11.3 Å². The Balaban J connectivity index is 1.28. The molecule has 0 bridgehead atoms. The van der Waals surface area contributed by atoms with Crippen molar-refractivity contribution in [3.8, 4) is 0 Å². The highest BCUT2D eigenvalue weighted by molar-refractivity contribution is 7.10. The number of fused-ring (bicyclic) bond motifs is 1. The van der Waals surface area contributed by atoms with Gasteiger partial charge >= 0.3 is 12.2 Å². The lowest BCUT2D eigenvalue weighted by Gasteiger charge is -2.40. The van der Waals surface area contributed by atoms with E-state index in [4.69, 9.17) is 0 Å². The Labute approximate surface area is 165 Å². The van der Waals surface area contributed by atoms with Crippen LogP contribution in [0.1, 0.15) is 28.8 Å². The number of benzene rings is 1. The van der Waals surface area contributed by atoms with Gasteiger partial charge in [-0.05, 0) is 60.5 Å². The number of nitrogens with one attached hydrogen (secondary N) is 1. The van der Waals surface area contributed by atoms with Crippen molar-refractivity contribution in [2.24, 2.45) is 0 Å². The number of hydrogen-bond acceptors (Lipinski definition) is 3. The fourth-order valence-electron chi connectivity index (χ4n) is 3.96. The molecule has 2 aliphatic heterocycles. The highest BCUT2D eigenvalue weighted by atomic mass is 32.1. The van der Waals surface area contributed by atoms with E-state index >= 15 is 0 Å². The van der Waals surface area contributed by atoms with Crippen LogP contribution in [-0.4, -0.2) is 41.5 Å². The van der Waals surface area contributed by atoms with E-state index in [1.165, 1.54) is 22.6 Å². The first-order valence-electron chi connectivity index (χ1n) is 9.42. The van der Waals surface area contributed by atoms with Gasteiger partial charge in [-0.15, -0.1) is 11.3 Å². The minimum Gasteiger partial charge on any atom is -0.324 e. The Hall–Kier alpha value is -2.06. The lowest BCUT2D eigenvalue weighted by atomic mass is 10.00. The Bertz CT molecular complexity index is 826. The second-order valence-electron chi connectivity index (χ2n) is 7.31. The molecule has 0 radical (unpaired) electrons. The Morgan fingerprint density at radius 2 is 1.79 bits per heavy atom. The number of amides is 2. The maximum atomic E-state index is 12.6. The molecule has 0 unspecified atom stereocenters. The van der Waals surface area contributed by atoms with Gasteiger partial charge in [-0.3, -0.25) is 4.90 Å². The number of carbonyl (C=O) groups is 1. The van der Waals surface area contributed by atoms with Gasteiger partial charge in [-0.25, -0.2) is 4.79 Å². The first-order valence-corrected chi connectivity index (χ1v) is 10.3. The van der Waals surface area contributed by atoms with Gasteiger partial charge in [0.05, 0.1) is 5.56 Å². The molecule has 0 saturated carbocycles. The van der Waals surface area contributed by atoms with Crippen molar-refractivity contribution in [2.75, 3.05) is 25.0 Å². The zero-order valence-corrected chi connectivity index (χ0v) is 16.2. The van der Waals surface area contributed by atoms with Crippen molar-refractivity contribution < 1.29 is 18.0 Å². The second-order valence-corrected chi connectivity index (χ2v) is 8.31. The third-order valence-electron chi connectivity index (χ3n) is 5.57. The van der Waals surface area contributed by atoms with Crippen LogP contribution in [0.25, 0.3) is 0 Å². The smallest absolute Gasteiger partial charge is 0.324 e. The molecule has 2 aliphatic rings. The summed E-state index contributed by atoms with van der Waals surface area (Å²) in [4.78, 5) is 18.2. The third-order valence-corrected chi connectivity index (χ3v) is 6.59. The second kappa shape index (κ2) is 7.75. The summed E-state index contributed by atoms with van der Waals surface area (Å²) in [5.41, 5.74) is 1.08. The van der Waals surface area contributed by atoms with Crippen LogP contribution in [0.2, 0.25) is 0 Å². The number of halogens is 3. The quantitative estimate of drug-likeness (QED) is 0.772. The predicted molar refractivity (Wildman–Crippen MR) is 103 cm³/mol. The summed E-state index contributed by atoms with van der Waals surface area (Å²) in [6, 6.07) is 6.98. The van der Waals surface area contributed by atoms with Crippen LogP contribution in [0.4, 0.5) is 23.7 Å². The van der Waals surface area contributed by atoms with Crippen molar-refractivity contribution in [3.05, 3.63) is 51.7 Å². The van der Waals surface area contributed by atoms with Crippen LogP contribution in [0.3, 0.4) is 0 Å². The lowest BCUT2D eigenvalue weighted by molar-refractivity contribution is -0.137. The maximum Gasteiger partial charge on any atom is 0.416 e. The van der Waals surface area contributed by atoms with E-state index in [-0.39, 0.29) is 6.03 Å². The zero-order valence-electron chi connectivity index (χ0n) is 15.3. The fraction of sp³-hybridized carbons (Fsp3) is 0.450. The number of hydrogen-bond donors (Lipinski definition) is 1. The number of likely N-dealkylation sites (tertiary alicyclic amines) is 1. The number of rotatable bonds is 2. The molecule has 4 rings (SSSR count). The first-order chi connectivity index (χ1) is 13.4. The summed E-state index contributed by atoms with van der Waals surface area (Å²) in [6.07, 6.45) is -1.44. The summed E-state index contributed by atoms with van der Waals surface area (Å²) < 4.78 is 37.9. The molecular weight excluding hydrogens is 387 g/mol. The number of alkyl halides is 3. The molecule has 0 atom stereocenters. The van der Waals surface area contributed by atoms with Crippen LogP contribution in [0.15, 0.2) is 35.7 Å². The molecular formula is C20H22F3N3OS. The molecule has 8 heteroatoms. The fourth-order valence-corrected chi connectivity index (χ4v) is 4.85. The van der Waals surface area contributed by atoms with Crippen LogP contribution >= 0.6 is 11.3 Å². The van der Waals surface area contributed by atoms with E-state index in [1.54, 1.807) is 4.90 Å². The van der Waals surface area contributed by atoms with Crippen molar-refractivity contribution in [1.82, 2.24) is 9.80 Å². The van der Waals surface area contributed by atoms with Crippen LogP contribution in [-0.2, 0) is 19.1 Å². The number of carbonyl (C=O) groups excluding carboxylic acids is 1. The van der Waals surface area contributed by atoms with Crippen LogP contribution < -0.4 is 5.32 Å². The minimum atomic E-state index is -4.37. The van der Waals surface area contributed by atoms with Gasteiger partial charge in [0, 0.05) is 42.8 Å². The first kappa shape index (κ1) is 19.3. The number of urea groups is 1. The molecule has 1 N–H and O–H groups in total. The zero-order chi connectivity index (χ0) is 19.7. The van der Waals surface area contributed by atoms with Gasteiger partial charge in [0.1, 0.15) is 0 Å². The summed E-state index contributed by atoms with van der Waals surface area (Å²) in [6.45, 7) is 3.37. The van der Waals surface area contributed by atoms with Crippen LogP contribution in [0, 0.1) is 0 Å². The highest BCUT2D eigenvalue weighted by Crippen LogP contribution is 2.30. The normalized spacial score (nSPS) is 18.8. The Morgan fingerprint density at radius 1 is 1.07 bits per heavy atom. The molecule has 0 aliphatic carbocycles. The topological polar surface area (TPSA) is 35.6 Å². The maximum absolute atomic E-state index is 12.6. The number of thiophene rings is 1. The molecule has 28 heavy (non-hydrogen) atoms. The Morgan fingerprint density at radius 3 is 2.46 bits per heavy atom.